The summed E-state index contributed by atoms with van der Waals surface area (Å²) in [5.41, 5.74) is 5.67. The lowest BCUT2D eigenvalue weighted by Gasteiger charge is -2.15. The van der Waals surface area contributed by atoms with Crippen molar-refractivity contribution in [2.45, 2.75) is 6.54 Å². The van der Waals surface area contributed by atoms with Crippen molar-refractivity contribution in [1.29, 1.82) is 0 Å². The zero-order valence-corrected chi connectivity index (χ0v) is 9.88. The monoisotopic (exact) mass is 247 g/mol. The van der Waals surface area contributed by atoms with E-state index >= 15 is 0 Å². The second kappa shape index (κ2) is 4.77. The number of benzene rings is 1. The van der Waals surface area contributed by atoms with Crippen molar-refractivity contribution in [3.63, 3.8) is 0 Å². The van der Waals surface area contributed by atoms with Gasteiger partial charge in [-0.15, -0.1) is 0 Å². The maximum atomic E-state index is 13.3. The average molecular weight is 247 g/mol. The molecular weight excluding hydrogens is 233 g/mol. The van der Waals surface area contributed by atoms with Gasteiger partial charge in [-0.2, -0.15) is 12.7 Å². The van der Waals surface area contributed by atoms with Gasteiger partial charge in [-0.05, 0) is 12.1 Å². The molecule has 0 bridgehead atoms. The summed E-state index contributed by atoms with van der Waals surface area (Å²) in [6.45, 7) is -0.0715. The molecule has 5 nitrogen and oxygen atoms in total. The molecule has 0 saturated carbocycles. The molecule has 1 aromatic rings. The van der Waals surface area contributed by atoms with Crippen LogP contribution in [0.2, 0.25) is 0 Å². The van der Waals surface area contributed by atoms with E-state index in [9.17, 15) is 12.8 Å². The number of nitrogens with zero attached hydrogens (tertiary/aromatic N) is 1. The smallest absolute Gasteiger partial charge is 0.301 e. The SMILES string of the molecule is CN(C)S(=O)(=O)Nc1cccc(F)c1CN. The summed E-state index contributed by atoms with van der Waals surface area (Å²) in [5.74, 6) is -0.526. The van der Waals surface area contributed by atoms with Crippen LogP contribution in [0.3, 0.4) is 0 Å². The van der Waals surface area contributed by atoms with Gasteiger partial charge < -0.3 is 5.73 Å². The van der Waals surface area contributed by atoms with Gasteiger partial charge in [-0.1, -0.05) is 6.07 Å². The highest BCUT2D eigenvalue weighted by atomic mass is 32.2. The maximum absolute atomic E-state index is 13.3. The molecule has 0 aliphatic heterocycles. The predicted octanol–water partition coefficient (Wildman–Crippen LogP) is 0.503. The van der Waals surface area contributed by atoms with E-state index in [1.807, 2.05) is 0 Å². The van der Waals surface area contributed by atoms with E-state index < -0.39 is 16.0 Å². The summed E-state index contributed by atoms with van der Waals surface area (Å²) >= 11 is 0. The third-order valence-corrected chi connectivity index (χ3v) is 3.48. The second-order valence-electron chi connectivity index (χ2n) is 3.36. The minimum atomic E-state index is -3.64. The summed E-state index contributed by atoms with van der Waals surface area (Å²) in [6, 6.07) is 4.12. The highest BCUT2D eigenvalue weighted by molar-refractivity contribution is 7.90. The fraction of sp³-hybridized carbons (Fsp3) is 0.333. The third kappa shape index (κ3) is 2.69. The van der Waals surface area contributed by atoms with E-state index in [1.165, 1.54) is 32.3 Å². The standard InChI is InChI=1S/C9H14FN3O2S/c1-13(2)16(14,15)12-9-5-3-4-8(10)7(9)6-11/h3-5,12H,6,11H2,1-2H3. The van der Waals surface area contributed by atoms with Crippen LogP contribution in [0.25, 0.3) is 0 Å². The topological polar surface area (TPSA) is 75.4 Å². The van der Waals surface area contributed by atoms with Gasteiger partial charge in [0.25, 0.3) is 0 Å². The van der Waals surface area contributed by atoms with Crippen molar-refractivity contribution >= 4 is 15.9 Å². The van der Waals surface area contributed by atoms with Crippen LogP contribution in [0.15, 0.2) is 18.2 Å². The Morgan fingerprint density at radius 2 is 2.06 bits per heavy atom. The van der Waals surface area contributed by atoms with Gasteiger partial charge in [-0.25, -0.2) is 4.39 Å². The molecule has 90 valence electrons. The zero-order chi connectivity index (χ0) is 12.3. The molecule has 0 fully saturated rings. The molecule has 0 atom stereocenters. The highest BCUT2D eigenvalue weighted by Crippen LogP contribution is 2.19. The molecule has 0 saturated heterocycles. The van der Waals surface area contributed by atoms with Crippen molar-refractivity contribution in [3.05, 3.63) is 29.6 Å². The van der Waals surface area contributed by atoms with Crippen LogP contribution in [0, 0.1) is 5.82 Å². The summed E-state index contributed by atoms with van der Waals surface area (Å²) in [4.78, 5) is 0. The van der Waals surface area contributed by atoms with E-state index in [0.717, 1.165) is 4.31 Å². The Balaban J connectivity index is 3.12. The first-order valence-electron chi connectivity index (χ1n) is 4.56. The van der Waals surface area contributed by atoms with Crippen LogP contribution in [-0.4, -0.2) is 26.8 Å². The highest BCUT2D eigenvalue weighted by Gasteiger charge is 2.16. The van der Waals surface area contributed by atoms with Crippen LogP contribution in [0.5, 0.6) is 0 Å². The number of nitrogens with one attached hydrogen (secondary N) is 1. The minimum Gasteiger partial charge on any atom is -0.326 e. The van der Waals surface area contributed by atoms with E-state index in [0.29, 0.717) is 0 Å². The molecule has 0 spiro atoms. The van der Waals surface area contributed by atoms with Gasteiger partial charge in [0, 0.05) is 26.2 Å². The molecule has 3 N–H and O–H groups in total. The number of anilines is 1. The van der Waals surface area contributed by atoms with Gasteiger partial charge in [0.2, 0.25) is 0 Å². The Kier molecular flexibility index (Phi) is 3.84. The van der Waals surface area contributed by atoms with E-state index in [4.69, 9.17) is 5.73 Å². The number of halogens is 1. The Morgan fingerprint density at radius 1 is 1.44 bits per heavy atom. The first kappa shape index (κ1) is 12.9. The van der Waals surface area contributed by atoms with Crippen molar-refractivity contribution in [2.24, 2.45) is 5.73 Å². The molecule has 1 rings (SSSR count). The molecule has 0 aliphatic carbocycles. The number of rotatable bonds is 4. The maximum Gasteiger partial charge on any atom is 0.301 e. The lowest BCUT2D eigenvalue weighted by molar-refractivity contribution is 0.526. The predicted molar refractivity (Wildman–Crippen MR) is 60.5 cm³/mol. The van der Waals surface area contributed by atoms with E-state index in [2.05, 4.69) is 4.72 Å². The van der Waals surface area contributed by atoms with Crippen molar-refractivity contribution < 1.29 is 12.8 Å². The van der Waals surface area contributed by atoms with Gasteiger partial charge in [0.05, 0.1) is 5.69 Å². The van der Waals surface area contributed by atoms with Gasteiger partial charge in [-0.3, -0.25) is 4.72 Å². The Hall–Kier alpha value is -1.18. The number of hydrogen-bond acceptors (Lipinski definition) is 3. The summed E-state index contributed by atoms with van der Waals surface area (Å²) < 4.78 is 39.6. The fourth-order valence-corrected chi connectivity index (χ4v) is 1.74. The first-order chi connectivity index (χ1) is 7.38. The third-order valence-electron chi connectivity index (χ3n) is 2.04. The minimum absolute atomic E-state index is 0.0715. The van der Waals surface area contributed by atoms with Crippen LogP contribution < -0.4 is 10.5 Å². The summed E-state index contributed by atoms with van der Waals surface area (Å²) in [7, 11) is -0.882. The Bertz CT molecular complexity index is 474. The summed E-state index contributed by atoms with van der Waals surface area (Å²) in [6.07, 6.45) is 0. The fourth-order valence-electron chi connectivity index (χ4n) is 1.09. The molecule has 0 unspecified atom stereocenters. The normalized spacial score (nSPS) is 11.8. The van der Waals surface area contributed by atoms with Crippen LogP contribution in [0.1, 0.15) is 5.56 Å². The van der Waals surface area contributed by atoms with Crippen LogP contribution in [-0.2, 0) is 16.8 Å². The summed E-state index contributed by atoms with van der Waals surface area (Å²) in [5, 5.41) is 0. The lowest BCUT2D eigenvalue weighted by atomic mass is 10.2. The van der Waals surface area contributed by atoms with Crippen molar-refractivity contribution in [1.82, 2.24) is 4.31 Å². The zero-order valence-electron chi connectivity index (χ0n) is 9.07. The van der Waals surface area contributed by atoms with E-state index in [-0.39, 0.29) is 17.8 Å². The first-order valence-corrected chi connectivity index (χ1v) is 6.00. The largest absolute Gasteiger partial charge is 0.326 e. The van der Waals surface area contributed by atoms with Gasteiger partial charge >= 0.3 is 10.2 Å². The molecule has 0 aromatic heterocycles. The van der Waals surface area contributed by atoms with E-state index in [1.54, 1.807) is 0 Å². The Labute approximate surface area is 94.2 Å². The average Bonchev–Trinajstić information content (AvgIpc) is 2.17. The lowest BCUT2D eigenvalue weighted by Crippen LogP contribution is -2.29. The molecule has 7 heteroatoms. The van der Waals surface area contributed by atoms with Gasteiger partial charge in [0.15, 0.2) is 0 Å². The van der Waals surface area contributed by atoms with Crippen LogP contribution >= 0.6 is 0 Å². The number of nitrogens with two attached hydrogens (primary N) is 1. The molecule has 0 aliphatic rings. The van der Waals surface area contributed by atoms with Crippen LogP contribution in [0.4, 0.5) is 10.1 Å². The molecule has 0 amide bonds. The molecule has 0 heterocycles. The molecule has 16 heavy (non-hydrogen) atoms. The molecule has 1 aromatic carbocycles. The molecular formula is C9H14FN3O2S. The van der Waals surface area contributed by atoms with Gasteiger partial charge in [0.1, 0.15) is 5.82 Å². The molecule has 0 radical (unpaired) electrons. The number of hydrogen-bond donors (Lipinski definition) is 2. The van der Waals surface area contributed by atoms with Crippen molar-refractivity contribution in [2.75, 3.05) is 18.8 Å². The Morgan fingerprint density at radius 3 is 2.56 bits per heavy atom. The quantitative estimate of drug-likeness (QED) is 0.813. The van der Waals surface area contributed by atoms with Crippen molar-refractivity contribution in [3.8, 4) is 0 Å². The second-order valence-corrected chi connectivity index (χ2v) is 5.24.